The van der Waals surface area contributed by atoms with E-state index in [2.05, 4.69) is 21.4 Å². The molecule has 0 aromatic carbocycles. The van der Waals surface area contributed by atoms with Crippen molar-refractivity contribution in [3.8, 4) is 6.07 Å². The van der Waals surface area contributed by atoms with Crippen LogP contribution in [-0.2, 0) is 0 Å². The summed E-state index contributed by atoms with van der Waals surface area (Å²) in [5, 5.41) is 13.0. The van der Waals surface area contributed by atoms with Gasteiger partial charge in [0, 0.05) is 18.1 Å². The number of nitriles is 1. The van der Waals surface area contributed by atoms with Crippen LogP contribution in [0.15, 0.2) is 23.6 Å². The summed E-state index contributed by atoms with van der Waals surface area (Å²) in [4.78, 5) is 8.11. The van der Waals surface area contributed by atoms with Gasteiger partial charge in [-0.05, 0) is 13.5 Å². The van der Waals surface area contributed by atoms with Crippen molar-refractivity contribution in [3.63, 3.8) is 0 Å². The van der Waals surface area contributed by atoms with Gasteiger partial charge in [-0.15, -0.1) is 11.8 Å². The number of hydrogen-bond acceptors (Lipinski definition) is 5. The van der Waals surface area contributed by atoms with E-state index >= 15 is 0 Å². The molecule has 1 aromatic rings. The second-order valence-corrected chi connectivity index (χ2v) is 4.30. The van der Waals surface area contributed by atoms with Crippen LogP contribution in [0.2, 0.25) is 0 Å². The summed E-state index contributed by atoms with van der Waals surface area (Å²) in [6.45, 7) is 4.66. The second kappa shape index (κ2) is 5.69. The van der Waals surface area contributed by atoms with Crippen LogP contribution in [0.5, 0.6) is 0 Å². The van der Waals surface area contributed by atoms with Gasteiger partial charge in [-0.25, -0.2) is 4.98 Å². The fourth-order valence-corrected chi connectivity index (χ4v) is 1.97. The first kappa shape index (κ1) is 12.0. The van der Waals surface area contributed by atoms with E-state index in [0.29, 0.717) is 5.75 Å². The van der Waals surface area contributed by atoms with E-state index in [1.165, 1.54) is 11.8 Å². The van der Waals surface area contributed by atoms with E-state index < -0.39 is 5.54 Å². The van der Waals surface area contributed by atoms with Crippen LogP contribution in [0.1, 0.15) is 13.8 Å². The number of rotatable bonds is 5. The molecule has 0 aliphatic carbocycles. The second-order valence-electron chi connectivity index (χ2n) is 3.31. The van der Waals surface area contributed by atoms with Gasteiger partial charge in [0.05, 0.1) is 12.3 Å². The fraction of sp³-hybridized carbons (Fsp3) is 0.500. The van der Waals surface area contributed by atoms with Gasteiger partial charge >= 0.3 is 0 Å². The number of nitrogens with one attached hydrogen (secondary N) is 1. The third-order valence-corrected chi connectivity index (χ3v) is 3.09. The van der Waals surface area contributed by atoms with Crippen molar-refractivity contribution in [1.29, 1.82) is 5.26 Å². The first-order chi connectivity index (χ1) is 7.20. The maximum Gasteiger partial charge on any atom is 0.114 e. The Kier molecular flexibility index (Phi) is 4.53. The lowest BCUT2D eigenvalue weighted by Gasteiger charge is -2.21. The normalized spacial score (nSPS) is 14.2. The van der Waals surface area contributed by atoms with Gasteiger partial charge in [-0.3, -0.25) is 10.3 Å². The summed E-state index contributed by atoms with van der Waals surface area (Å²) < 4.78 is 0. The van der Waals surface area contributed by atoms with Crippen molar-refractivity contribution in [2.45, 2.75) is 24.4 Å². The van der Waals surface area contributed by atoms with Crippen LogP contribution in [0.4, 0.5) is 0 Å². The molecule has 4 nitrogen and oxygen atoms in total. The Hall–Kier alpha value is -1.12. The zero-order valence-corrected chi connectivity index (χ0v) is 9.71. The Labute approximate surface area is 94.1 Å². The van der Waals surface area contributed by atoms with Crippen LogP contribution in [-0.4, -0.2) is 27.8 Å². The Morgan fingerprint density at radius 3 is 2.93 bits per heavy atom. The smallest absolute Gasteiger partial charge is 0.114 e. The minimum atomic E-state index is -0.503. The molecular formula is C10H14N4S. The molecule has 5 heteroatoms. The lowest BCUT2D eigenvalue weighted by atomic mass is 10.1. The first-order valence-electron chi connectivity index (χ1n) is 4.75. The third-order valence-electron chi connectivity index (χ3n) is 1.86. The molecule has 0 radical (unpaired) electrons. The fourth-order valence-electron chi connectivity index (χ4n) is 1.09. The van der Waals surface area contributed by atoms with Crippen LogP contribution in [0.3, 0.4) is 0 Å². The Bertz CT molecular complexity index is 335. The average molecular weight is 222 g/mol. The lowest BCUT2D eigenvalue weighted by molar-refractivity contribution is 0.511. The van der Waals surface area contributed by atoms with E-state index in [-0.39, 0.29) is 0 Å². The molecule has 0 bridgehead atoms. The van der Waals surface area contributed by atoms with Crippen molar-refractivity contribution < 1.29 is 0 Å². The highest BCUT2D eigenvalue weighted by atomic mass is 32.2. The molecule has 0 amide bonds. The molecule has 1 heterocycles. The van der Waals surface area contributed by atoms with Gasteiger partial charge in [0.1, 0.15) is 10.6 Å². The number of aromatic nitrogens is 2. The topological polar surface area (TPSA) is 61.6 Å². The molecule has 0 saturated carbocycles. The number of hydrogen-bond donors (Lipinski definition) is 1. The van der Waals surface area contributed by atoms with Crippen LogP contribution >= 0.6 is 11.8 Å². The van der Waals surface area contributed by atoms with Gasteiger partial charge in [-0.1, -0.05) is 6.92 Å². The molecule has 1 aromatic heterocycles. The minimum Gasteiger partial charge on any atom is -0.299 e. The Morgan fingerprint density at radius 1 is 1.60 bits per heavy atom. The lowest BCUT2D eigenvalue weighted by Crippen LogP contribution is -2.43. The first-order valence-corrected chi connectivity index (χ1v) is 5.74. The number of thioether (sulfide) groups is 1. The molecule has 0 spiro atoms. The maximum absolute atomic E-state index is 9.03. The molecule has 80 valence electrons. The van der Waals surface area contributed by atoms with Crippen molar-refractivity contribution in [3.05, 3.63) is 18.6 Å². The van der Waals surface area contributed by atoms with Gasteiger partial charge in [0.15, 0.2) is 0 Å². The molecule has 1 N–H and O–H groups in total. The average Bonchev–Trinajstić information content (AvgIpc) is 2.28. The van der Waals surface area contributed by atoms with E-state index in [9.17, 15) is 0 Å². The van der Waals surface area contributed by atoms with Crippen molar-refractivity contribution in [2.75, 3.05) is 12.3 Å². The van der Waals surface area contributed by atoms with Gasteiger partial charge in [0.2, 0.25) is 0 Å². The summed E-state index contributed by atoms with van der Waals surface area (Å²) in [5.74, 6) is 0.663. The van der Waals surface area contributed by atoms with E-state index in [0.717, 1.165) is 11.6 Å². The van der Waals surface area contributed by atoms with Crippen LogP contribution in [0.25, 0.3) is 0 Å². The molecule has 0 aliphatic heterocycles. The summed E-state index contributed by atoms with van der Waals surface area (Å²) in [6.07, 6.45) is 4.99. The van der Waals surface area contributed by atoms with E-state index in [1.807, 2.05) is 13.8 Å². The zero-order chi connectivity index (χ0) is 11.1. The van der Waals surface area contributed by atoms with Gasteiger partial charge in [0.25, 0.3) is 0 Å². The molecule has 1 atom stereocenters. The summed E-state index contributed by atoms with van der Waals surface area (Å²) in [5.41, 5.74) is -0.503. The van der Waals surface area contributed by atoms with Gasteiger partial charge in [-0.2, -0.15) is 5.26 Å². The predicted octanol–water partition coefficient (Wildman–Crippen LogP) is 1.46. The monoisotopic (exact) mass is 222 g/mol. The molecule has 1 unspecified atom stereocenters. The van der Waals surface area contributed by atoms with Crippen LogP contribution < -0.4 is 5.32 Å². The molecule has 0 saturated heterocycles. The highest BCUT2D eigenvalue weighted by molar-refractivity contribution is 7.99. The molecule has 15 heavy (non-hydrogen) atoms. The third kappa shape index (κ3) is 3.86. The zero-order valence-electron chi connectivity index (χ0n) is 8.90. The standard InChI is InChI=1S/C10H14N4S/c1-3-14-10(2,7-11)8-15-9-6-12-4-5-13-9/h4-6,14H,3,8H2,1-2H3. The van der Waals surface area contributed by atoms with Gasteiger partial charge < -0.3 is 0 Å². The van der Waals surface area contributed by atoms with Crippen molar-refractivity contribution in [1.82, 2.24) is 15.3 Å². The summed E-state index contributed by atoms with van der Waals surface area (Å²) >= 11 is 1.53. The highest BCUT2D eigenvalue weighted by Gasteiger charge is 2.22. The minimum absolute atomic E-state index is 0.503. The molecule has 0 fully saturated rings. The quantitative estimate of drug-likeness (QED) is 0.764. The Morgan fingerprint density at radius 2 is 2.40 bits per heavy atom. The highest BCUT2D eigenvalue weighted by Crippen LogP contribution is 2.19. The SMILES string of the molecule is CCNC(C)(C#N)CSc1cnccn1. The molecular weight excluding hydrogens is 208 g/mol. The predicted molar refractivity (Wildman–Crippen MR) is 60.5 cm³/mol. The molecule has 1 rings (SSSR count). The summed E-state index contributed by atoms with van der Waals surface area (Å²) in [6, 6.07) is 2.27. The number of nitrogens with zero attached hydrogens (tertiary/aromatic N) is 3. The van der Waals surface area contributed by atoms with E-state index in [4.69, 9.17) is 5.26 Å². The van der Waals surface area contributed by atoms with Crippen molar-refractivity contribution >= 4 is 11.8 Å². The van der Waals surface area contributed by atoms with E-state index in [1.54, 1.807) is 18.6 Å². The maximum atomic E-state index is 9.03. The summed E-state index contributed by atoms with van der Waals surface area (Å²) in [7, 11) is 0. The molecule has 0 aliphatic rings. The van der Waals surface area contributed by atoms with Crippen LogP contribution in [0, 0.1) is 11.3 Å². The van der Waals surface area contributed by atoms with Crippen molar-refractivity contribution in [2.24, 2.45) is 0 Å². The largest absolute Gasteiger partial charge is 0.299 e. The Balaban J connectivity index is 2.52.